The molecule has 0 bridgehead atoms. The van der Waals surface area contributed by atoms with Gasteiger partial charge in [0.2, 0.25) is 0 Å². The first kappa shape index (κ1) is 13.5. The maximum absolute atomic E-state index is 3.63. The second-order valence-corrected chi connectivity index (χ2v) is 5.46. The molecule has 90 valence electrons. The minimum atomic E-state index is 0.840. The Hall–Kier alpha value is 0.440. The van der Waals surface area contributed by atoms with Crippen LogP contribution in [0.15, 0.2) is 0 Å². The number of hydrogen-bond donors (Lipinski definition) is 0. The monoisotopic (exact) mass is 275 g/mol. The van der Waals surface area contributed by atoms with Crippen molar-refractivity contribution in [3.63, 3.8) is 0 Å². The van der Waals surface area contributed by atoms with Crippen LogP contribution in [0.2, 0.25) is 0 Å². The fourth-order valence-corrected chi connectivity index (χ4v) is 3.26. The molecular formula is C13H26BrN. The Morgan fingerprint density at radius 3 is 2.33 bits per heavy atom. The van der Waals surface area contributed by atoms with Gasteiger partial charge in [-0.1, -0.05) is 55.5 Å². The number of nitrogens with zero attached hydrogens (tertiary/aromatic N) is 1. The highest BCUT2D eigenvalue weighted by Crippen LogP contribution is 2.23. The highest BCUT2D eigenvalue weighted by atomic mass is 79.9. The second-order valence-electron chi connectivity index (χ2n) is 4.81. The van der Waals surface area contributed by atoms with E-state index in [4.69, 9.17) is 0 Å². The van der Waals surface area contributed by atoms with Gasteiger partial charge < -0.3 is 4.90 Å². The lowest BCUT2D eigenvalue weighted by atomic mass is 9.93. The first-order chi connectivity index (χ1) is 7.31. The fourth-order valence-electron chi connectivity index (χ4n) is 2.60. The first-order valence-corrected chi connectivity index (χ1v) is 7.73. The summed E-state index contributed by atoms with van der Waals surface area (Å²) in [6.45, 7) is 7.15. The fraction of sp³-hybridized carbons (Fsp3) is 1.00. The molecule has 1 rings (SSSR count). The Morgan fingerprint density at radius 2 is 1.87 bits per heavy atom. The Labute approximate surface area is 104 Å². The molecule has 0 aromatic rings. The van der Waals surface area contributed by atoms with E-state index in [1.807, 2.05) is 0 Å². The van der Waals surface area contributed by atoms with Crippen molar-refractivity contribution < 1.29 is 0 Å². The SMILES string of the molecule is CCC(CBr)CN(CC)C1CCCCC1. The maximum atomic E-state index is 3.63. The zero-order chi connectivity index (χ0) is 11.1. The van der Waals surface area contributed by atoms with Crippen LogP contribution < -0.4 is 0 Å². The molecule has 1 nitrogen and oxygen atoms in total. The van der Waals surface area contributed by atoms with E-state index < -0.39 is 0 Å². The third-order valence-electron chi connectivity index (χ3n) is 3.79. The van der Waals surface area contributed by atoms with Crippen molar-refractivity contribution >= 4 is 15.9 Å². The average molecular weight is 276 g/mol. The highest BCUT2D eigenvalue weighted by molar-refractivity contribution is 9.09. The number of halogens is 1. The van der Waals surface area contributed by atoms with E-state index in [0.717, 1.165) is 17.3 Å². The minimum absolute atomic E-state index is 0.840. The molecule has 0 radical (unpaired) electrons. The van der Waals surface area contributed by atoms with E-state index in [2.05, 4.69) is 34.7 Å². The van der Waals surface area contributed by atoms with E-state index >= 15 is 0 Å². The van der Waals surface area contributed by atoms with E-state index in [-0.39, 0.29) is 0 Å². The lowest BCUT2D eigenvalue weighted by molar-refractivity contribution is 0.144. The molecule has 0 spiro atoms. The maximum Gasteiger partial charge on any atom is 0.00952 e. The number of alkyl halides is 1. The molecule has 1 aliphatic rings. The smallest absolute Gasteiger partial charge is 0.00952 e. The van der Waals surface area contributed by atoms with E-state index in [9.17, 15) is 0 Å². The molecule has 0 aliphatic heterocycles. The van der Waals surface area contributed by atoms with E-state index in [1.165, 1.54) is 51.6 Å². The normalized spacial score (nSPS) is 20.8. The molecule has 1 fully saturated rings. The van der Waals surface area contributed by atoms with Gasteiger partial charge in [0.05, 0.1) is 0 Å². The summed E-state index contributed by atoms with van der Waals surface area (Å²) < 4.78 is 0. The van der Waals surface area contributed by atoms with Gasteiger partial charge in [-0.15, -0.1) is 0 Å². The van der Waals surface area contributed by atoms with Crippen molar-refractivity contribution in [2.45, 2.75) is 58.4 Å². The van der Waals surface area contributed by atoms with Gasteiger partial charge in [0.1, 0.15) is 0 Å². The second kappa shape index (κ2) is 7.67. The van der Waals surface area contributed by atoms with Crippen LogP contribution in [0.1, 0.15) is 52.4 Å². The molecule has 0 amide bonds. The molecule has 1 unspecified atom stereocenters. The van der Waals surface area contributed by atoms with Gasteiger partial charge in [-0.3, -0.25) is 0 Å². The van der Waals surface area contributed by atoms with Crippen molar-refractivity contribution in [2.75, 3.05) is 18.4 Å². The molecule has 1 aliphatic carbocycles. The van der Waals surface area contributed by atoms with Crippen molar-refractivity contribution in [2.24, 2.45) is 5.92 Å². The summed E-state index contributed by atoms with van der Waals surface area (Å²) in [5.41, 5.74) is 0. The van der Waals surface area contributed by atoms with Crippen LogP contribution in [0.4, 0.5) is 0 Å². The quantitative estimate of drug-likeness (QED) is 0.661. The lowest BCUT2D eigenvalue weighted by Gasteiger charge is -2.35. The van der Waals surface area contributed by atoms with Crippen molar-refractivity contribution in [1.29, 1.82) is 0 Å². The summed E-state index contributed by atoms with van der Waals surface area (Å²) in [6, 6.07) is 0.886. The summed E-state index contributed by atoms with van der Waals surface area (Å²) in [4.78, 5) is 2.72. The molecule has 2 heteroatoms. The van der Waals surface area contributed by atoms with Gasteiger partial charge in [-0.2, -0.15) is 0 Å². The van der Waals surface area contributed by atoms with E-state index in [1.54, 1.807) is 0 Å². The van der Waals surface area contributed by atoms with Crippen molar-refractivity contribution in [1.82, 2.24) is 4.90 Å². The summed E-state index contributed by atoms with van der Waals surface area (Å²) >= 11 is 3.63. The van der Waals surface area contributed by atoms with Crippen LogP contribution in [0.25, 0.3) is 0 Å². The summed E-state index contributed by atoms with van der Waals surface area (Å²) in [7, 11) is 0. The molecule has 1 saturated carbocycles. The minimum Gasteiger partial charge on any atom is -0.300 e. The van der Waals surface area contributed by atoms with Crippen molar-refractivity contribution in [3.05, 3.63) is 0 Å². The topological polar surface area (TPSA) is 3.24 Å². The van der Waals surface area contributed by atoms with E-state index in [0.29, 0.717) is 0 Å². The predicted octanol–water partition coefficient (Wildman–Crippen LogP) is 4.06. The van der Waals surface area contributed by atoms with Gasteiger partial charge in [-0.05, 0) is 25.3 Å². The van der Waals surface area contributed by atoms with Crippen LogP contribution in [0.5, 0.6) is 0 Å². The first-order valence-electron chi connectivity index (χ1n) is 6.61. The third kappa shape index (κ3) is 4.44. The zero-order valence-corrected chi connectivity index (χ0v) is 11.9. The van der Waals surface area contributed by atoms with Crippen LogP contribution in [0.3, 0.4) is 0 Å². The Kier molecular flexibility index (Phi) is 6.91. The van der Waals surface area contributed by atoms with Crippen molar-refractivity contribution in [3.8, 4) is 0 Å². The Morgan fingerprint density at radius 1 is 1.20 bits per heavy atom. The molecule has 0 aromatic carbocycles. The lowest BCUT2D eigenvalue weighted by Crippen LogP contribution is -2.40. The van der Waals surface area contributed by atoms with Crippen LogP contribution in [-0.2, 0) is 0 Å². The third-order valence-corrected chi connectivity index (χ3v) is 4.70. The van der Waals surface area contributed by atoms with Crippen LogP contribution in [0, 0.1) is 5.92 Å². The molecule has 0 saturated heterocycles. The predicted molar refractivity (Wildman–Crippen MR) is 71.7 cm³/mol. The van der Waals surface area contributed by atoms with Gasteiger partial charge in [-0.25, -0.2) is 0 Å². The van der Waals surface area contributed by atoms with Gasteiger partial charge in [0, 0.05) is 17.9 Å². The number of hydrogen-bond acceptors (Lipinski definition) is 1. The molecule has 0 N–H and O–H groups in total. The zero-order valence-electron chi connectivity index (χ0n) is 10.3. The molecule has 1 atom stereocenters. The Balaban J connectivity index is 2.38. The summed E-state index contributed by atoms with van der Waals surface area (Å²) in [6.07, 6.45) is 8.54. The summed E-state index contributed by atoms with van der Waals surface area (Å²) in [5, 5.41) is 1.16. The largest absolute Gasteiger partial charge is 0.300 e. The number of rotatable bonds is 6. The molecule has 0 aromatic heterocycles. The van der Waals surface area contributed by atoms with Gasteiger partial charge >= 0.3 is 0 Å². The van der Waals surface area contributed by atoms with Crippen LogP contribution >= 0.6 is 15.9 Å². The average Bonchev–Trinajstić information content (AvgIpc) is 2.32. The van der Waals surface area contributed by atoms with Crippen LogP contribution in [-0.4, -0.2) is 29.4 Å². The molecule has 0 heterocycles. The molecule has 15 heavy (non-hydrogen) atoms. The standard InChI is InChI=1S/C13H26BrN/c1-3-12(10-14)11-15(4-2)13-8-6-5-7-9-13/h12-13H,3-11H2,1-2H3. The highest BCUT2D eigenvalue weighted by Gasteiger charge is 2.21. The summed E-state index contributed by atoms with van der Waals surface area (Å²) in [5.74, 6) is 0.840. The molecular weight excluding hydrogens is 250 g/mol. The van der Waals surface area contributed by atoms with Gasteiger partial charge in [0.25, 0.3) is 0 Å². The van der Waals surface area contributed by atoms with Gasteiger partial charge in [0.15, 0.2) is 0 Å². The Bertz CT molecular complexity index is 151.